The number of guanidine groups is 1. The normalized spacial score (nSPS) is 17.3. The molecule has 29 heavy (non-hydrogen) atoms. The van der Waals surface area contributed by atoms with Crippen LogP contribution in [0.3, 0.4) is 0 Å². The van der Waals surface area contributed by atoms with Crippen molar-refractivity contribution in [1.82, 2.24) is 10.6 Å². The second-order valence-corrected chi connectivity index (χ2v) is 8.88. The van der Waals surface area contributed by atoms with E-state index in [0.717, 1.165) is 49.2 Å². The van der Waals surface area contributed by atoms with E-state index < -0.39 is 0 Å². The molecule has 0 bridgehead atoms. The van der Waals surface area contributed by atoms with E-state index in [2.05, 4.69) is 64.0 Å². The lowest BCUT2D eigenvalue weighted by Crippen LogP contribution is -2.47. The average molecular weight is 417 g/mol. The molecule has 0 saturated carbocycles. The molecule has 1 atom stereocenters. The molecule has 7 heteroatoms. The lowest BCUT2D eigenvalue weighted by atomic mass is 9.91. The smallest absolute Gasteiger partial charge is 0.191 e. The molecule has 1 aromatic carbocycles. The van der Waals surface area contributed by atoms with Gasteiger partial charge in [0.2, 0.25) is 0 Å². The van der Waals surface area contributed by atoms with Crippen LogP contribution in [0.4, 0.5) is 5.69 Å². The summed E-state index contributed by atoms with van der Waals surface area (Å²) in [5.74, 6) is 2.47. The van der Waals surface area contributed by atoms with Crippen molar-refractivity contribution >= 4 is 23.0 Å². The molecule has 0 spiro atoms. The molecule has 2 N–H and O–H groups in total. The zero-order chi connectivity index (χ0) is 20.9. The Labute approximate surface area is 177 Å². The maximum Gasteiger partial charge on any atom is 0.191 e. The van der Waals surface area contributed by atoms with Crippen LogP contribution in [-0.4, -0.2) is 52.9 Å². The van der Waals surface area contributed by atoms with Crippen molar-refractivity contribution in [2.24, 2.45) is 4.99 Å². The molecule has 1 aromatic heterocycles. The van der Waals surface area contributed by atoms with Crippen molar-refractivity contribution < 1.29 is 9.47 Å². The van der Waals surface area contributed by atoms with Crippen LogP contribution in [-0.2, 0) is 5.41 Å². The van der Waals surface area contributed by atoms with Gasteiger partial charge in [-0.15, -0.1) is 11.3 Å². The van der Waals surface area contributed by atoms with Gasteiger partial charge in [0, 0.05) is 66.9 Å². The fourth-order valence-corrected chi connectivity index (χ4v) is 4.38. The number of nitrogens with one attached hydrogen (secondary N) is 2. The number of hydrogen-bond donors (Lipinski definition) is 2. The Morgan fingerprint density at radius 1 is 1.24 bits per heavy atom. The maximum atomic E-state index is 5.41. The Kier molecular flexibility index (Phi) is 6.90. The lowest BCUT2D eigenvalue weighted by Gasteiger charge is -2.26. The predicted molar refractivity (Wildman–Crippen MR) is 122 cm³/mol. The van der Waals surface area contributed by atoms with Crippen LogP contribution in [0, 0.1) is 0 Å². The van der Waals surface area contributed by atoms with Gasteiger partial charge in [-0.2, -0.15) is 0 Å². The molecule has 1 saturated heterocycles. The first-order valence-corrected chi connectivity index (χ1v) is 10.8. The summed E-state index contributed by atoms with van der Waals surface area (Å²) >= 11 is 1.80. The minimum atomic E-state index is 0.0602. The van der Waals surface area contributed by atoms with E-state index in [1.54, 1.807) is 25.6 Å². The molecule has 6 nitrogen and oxygen atoms in total. The van der Waals surface area contributed by atoms with Crippen LogP contribution in [0.25, 0.3) is 0 Å². The van der Waals surface area contributed by atoms with Crippen LogP contribution in [0.15, 0.2) is 40.7 Å². The van der Waals surface area contributed by atoms with E-state index in [1.165, 1.54) is 4.88 Å². The Morgan fingerprint density at radius 3 is 2.55 bits per heavy atom. The minimum absolute atomic E-state index is 0.0602. The molecule has 1 aliphatic rings. The highest BCUT2D eigenvalue weighted by molar-refractivity contribution is 7.10. The topological polar surface area (TPSA) is 58.1 Å². The monoisotopic (exact) mass is 416 g/mol. The highest BCUT2D eigenvalue weighted by Gasteiger charge is 2.26. The minimum Gasteiger partial charge on any atom is -0.497 e. The molecule has 3 rings (SSSR count). The summed E-state index contributed by atoms with van der Waals surface area (Å²) in [4.78, 5) is 8.16. The first kappa shape index (κ1) is 21.3. The zero-order valence-electron chi connectivity index (χ0n) is 18.0. The Hall–Kier alpha value is -2.41. The number of methoxy groups -OCH3 is 2. The Bertz CT molecular complexity index is 798. The van der Waals surface area contributed by atoms with Gasteiger partial charge in [0.15, 0.2) is 5.96 Å². The fraction of sp³-hybridized carbons (Fsp3) is 0.500. The molecule has 1 fully saturated rings. The van der Waals surface area contributed by atoms with Crippen LogP contribution >= 0.6 is 11.3 Å². The quantitative estimate of drug-likeness (QED) is 0.535. The number of nitrogens with zero attached hydrogens (tertiary/aromatic N) is 2. The maximum absolute atomic E-state index is 5.41. The molecular weight excluding hydrogens is 384 g/mol. The second-order valence-electron chi connectivity index (χ2n) is 7.93. The van der Waals surface area contributed by atoms with Crippen molar-refractivity contribution in [3.8, 4) is 11.5 Å². The van der Waals surface area contributed by atoms with Gasteiger partial charge in [-0.1, -0.05) is 19.9 Å². The van der Waals surface area contributed by atoms with Gasteiger partial charge in [-0.3, -0.25) is 4.99 Å². The molecule has 1 unspecified atom stereocenters. The highest BCUT2D eigenvalue weighted by atomic mass is 32.1. The number of rotatable bonds is 7. The summed E-state index contributed by atoms with van der Waals surface area (Å²) < 4.78 is 10.8. The number of thiophene rings is 1. The Morgan fingerprint density at radius 2 is 1.97 bits per heavy atom. The second kappa shape index (κ2) is 9.39. The summed E-state index contributed by atoms with van der Waals surface area (Å²) in [6.07, 6.45) is 1.05. The van der Waals surface area contributed by atoms with E-state index >= 15 is 0 Å². The average Bonchev–Trinajstić information content (AvgIpc) is 3.43. The largest absolute Gasteiger partial charge is 0.497 e. The molecule has 158 valence electrons. The van der Waals surface area contributed by atoms with Gasteiger partial charge in [-0.25, -0.2) is 0 Å². The van der Waals surface area contributed by atoms with Gasteiger partial charge in [0.25, 0.3) is 0 Å². The third-order valence-corrected chi connectivity index (χ3v) is 6.58. The third kappa shape index (κ3) is 5.35. The number of anilines is 1. The standard InChI is InChI=1S/C22H32N4O2S/c1-22(2,20-7-6-10-29-20)15-24-21(23-3)25-16-8-9-26(14-16)17-11-18(27-4)13-19(12-17)28-5/h6-7,10-13,16H,8-9,14-15H2,1-5H3,(H2,23,24,25). The van der Waals surface area contributed by atoms with Crippen molar-refractivity contribution in [3.05, 3.63) is 40.6 Å². The van der Waals surface area contributed by atoms with Gasteiger partial charge in [-0.05, 0) is 17.9 Å². The summed E-state index contributed by atoms with van der Waals surface area (Å²) in [5.41, 5.74) is 1.18. The fourth-order valence-electron chi connectivity index (χ4n) is 3.53. The van der Waals surface area contributed by atoms with Crippen molar-refractivity contribution in [1.29, 1.82) is 0 Å². The lowest BCUT2D eigenvalue weighted by molar-refractivity contribution is 0.394. The van der Waals surface area contributed by atoms with Crippen LogP contribution < -0.4 is 25.0 Å². The molecule has 2 heterocycles. The van der Waals surface area contributed by atoms with Gasteiger partial charge >= 0.3 is 0 Å². The van der Waals surface area contributed by atoms with E-state index in [-0.39, 0.29) is 5.41 Å². The summed E-state index contributed by atoms with van der Waals surface area (Å²) in [6.45, 7) is 7.23. The highest BCUT2D eigenvalue weighted by Crippen LogP contribution is 2.30. The Balaban J connectivity index is 1.57. The van der Waals surface area contributed by atoms with Gasteiger partial charge < -0.3 is 25.0 Å². The molecular formula is C22H32N4O2S. The number of benzene rings is 1. The van der Waals surface area contributed by atoms with Crippen molar-refractivity contribution in [2.75, 3.05) is 45.8 Å². The molecule has 2 aromatic rings. The van der Waals surface area contributed by atoms with Crippen LogP contribution in [0.2, 0.25) is 0 Å². The first-order chi connectivity index (χ1) is 13.9. The van der Waals surface area contributed by atoms with E-state index in [9.17, 15) is 0 Å². The van der Waals surface area contributed by atoms with E-state index in [4.69, 9.17) is 9.47 Å². The third-order valence-electron chi connectivity index (χ3n) is 5.34. The first-order valence-electron chi connectivity index (χ1n) is 9.94. The summed E-state index contributed by atoms with van der Waals surface area (Å²) in [5, 5.41) is 9.21. The predicted octanol–water partition coefficient (Wildman–Crippen LogP) is 3.49. The zero-order valence-corrected chi connectivity index (χ0v) is 18.8. The summed E-state index contributed by atoms with van der Waals surface area (Å²) in [7, 11) is 5.19. The van der Waals surface area contributed by atoms with Crippen LogP contribution in [0.5, 0.6) is 11.5 Å². The molecule has 0 amide bonds. The number of aliphatic imine (C=N–C) groups is 1. The van der Waals surface area contributed by atoms with E-state index in [1.807, 2.05) is 13.1 Å². The molecule has 0 radical (unpaired) electrons. The molecule has 0 aliphatic carbocycles. The summed E-state index contributed by atoms with van der Waals surface area (Å²) in [6, 6.07) is 10.7. The number of hydrogen-bond acceptors (Lipinski definition) is 5. The number of ether oxygens (including phenoxy) is 2. The SMILES string of the molecule is CN=C(NCC(C)(C)c1cccs1)NC1CCN(c2cc(OC)cc(OC)c2)C1. The van der Waals surface area contributed by atoms with Crippen molar-refractivity contribution in [2.45, 2.75) is 31.7 Å². The van der Waals surface area contributed by atoms with E-state index in [0.29, 0.717) is 6.04 Å². The van der Waals surface area contributed by atoms with Gasteiger partial charge in [0.1, 0.15) is 11.5 Å². The van der Waals surface area contributed by atoms with Crippen molar-refractivity contribution in [3.63, 3.8) is 0 Å². The molecule has 1 aliphatic heterocycles. The van der Waals surface area contributed by atoms with Crippen LogP contribution in [0.1, 0.15) is 25.1 Å². The van der Waals surface area contributed by atoms with Gasteiger partial charge in [0.05, 0.1) is 14.2 Å².